The summed E-state index contributed by atoms with van der Waals surface area (Å²) in [6.07, 6.45) is 2.09. The summed E-state index contributed by atoms with van der Waals surface area (Å²) in [7, 11) is -2.34. The highest BCUT2D eigenvalue weighted by Crippen LogP contribution is 2.55. The Labute approximate surface area is 193 Å². The lowest BCUT2D eigenvalue weighted by molar-refractivity contribution is 0.146. The molecule has 1 N–H and O–H groups in total. The predicted octanol–water partition coefficient (Wildman–Crippen LogP) is 3.02. The fourth-order valence-electron chi connectivity index (χ4n) is 5.18. The number of nitrogens with zero attached hydrogens (tertiary/aromatic N) is 2. The maximum Gasteiger partial charge on any atom is 0.320 e. The zero-order valence-electron chi connectivity index (χ0n) is 18.5. The second-order valence-corrected chi connectivity index (χ2v) is 11.0. The van der Waals surface area contributed by atoms with Gasteiger partial charge in [-0.25, -0.2) is 22.3 Å². The van der Waals surface area contributed by atoms with Crippen molar-refractivity contribution in [3.63, 3.8) is 0 Å². The summed E-state index contributed by atoms with van der Waals surface area (Å²) < 4.78 is 46.3. The predicted molar refractivity (Wildman–Crippen MR) is 123 cm³/mol. The molecule has 1 saturated carbocycles. The van der Waals surface area contributed by atoms with Crippen LogP contribution >= 0.6 is 0 Å². The highest BCUT2D eigenvalue weighted by Gasteiger charge is 2.61. The number of alkyl halides is 1. The number of fused-ring (bicyclic) bond motifs is 5. The highest BCUT2D eigenvalue weighted by atomic mass is 32.2. The molecule has 2 bridgehead atoms. The second-order valence-electron chi connectivity index (χ2n) is 9.33. The van der Waals surface area contributed by atoms with Gasteiger partial charge in [-0.1, -0.05) is 42.5 Å². The average molecular weight is 474 g/mol. The van der Waals surface area contributed by atoms with Crippen LogP contribution < -0.4 is 9.46 Å². The Bertz CT molecular complexity index is 1170. The summed E-state index contributed by atoms with van der Waals surface area (Å²) in [4.78, 5) is 16.8. The molecule has 2 fully saturated rings. The van der Waals surface area contributed by atoms with Gasteiger partial charge >= 0.3 is 6.03 Å². The number of amides is 2. The zero-order chi connectivity index (χ0) is 23.2. The minimum Gasteiger partial charge on any atom is -0.491 e. The number of hydrogen-bond acceptors (Lipinski definition) is 4. The third-order valence-corrected chi connectivity index (χ3v) is 8.00. The van der Waals surface area contributed by atoms with Crippen LogP contribution in [0.2, 0.25) is 0 Å². The Hall–Kier alpha value is -2.65. The number of sulfonamides is 1. The van der Waals surface area contributed by atoms with Crippen molar-refractivity contribution in [2.24, 2.45) is 5.41 Å². The number of nitrogens with one attached hydrogen (secondary N) is 1. The van der Waals surface area contributed by atoms with E-state index in [-0.39, 0.29) is 11.4 Å². The maximum atomic E-state index is 13.4. The first-order valence-corrected chi connectivity index (χ1v) is 12.9. The molecule has 3 aliphatic rings. The average Bonchev–Trinajstić information content (AvgIpc) is 3.54. The molecule has 5 rings (SSSR count). The van der Waals surface area contributed by atoms with Gasteiger partial charge in [0.05, 0.1) is 12.6 Å². The molecule has 33 heavy (non-hydrogen) atoms. The fourth-order valence-corrected chi connectivity index (χ4v) is 6.04. The molecule has 1 saturated heterocycles. The van der Waals surface area contributed by atoms with Crippen molar-refractivity contribution in [1.82, 2.24) is 14.5 Å². The lowest BCUT2D eigenvalue weighted by atomic mass is 9.91. The zero-order valence-corrected chi connectivity index (χ0v) is 19.4. The van der Waals surface area contributed by atoms with Crippen LogP contribution in [0.3, 0.4) is 0 Å². The Kier molecular flexibility index (Phi) is 5.56. The number of halogens is 1. The molecule has 2 aromatic carbocycles. The van der Waals surface area contributed by atoms with E-state index in [0.717, 1.165) is 35.3 Å². The van der Waals surface area contributed by atoms with E-state index in [0.29, 0.717) is 26.1 Å². The molecule has 7 nitrogen and oxygen atoms in total. The van der Waals surface area contributed by atoms with Gasteiger partial charge in [0.15, 0.2) is 0 Å². The number of ether oxygens (including phenoxy) is 1. The minimum atomic E-state index is -4.07. The van der Waals surface area contributed by atoms with Crippen LogP contribution in [0.15, 0.2) is 48.5 Å². The molecular formula is C24H28FN3O4S. The Balaban J connectivity index is 1.57. The molecule has 2 aliphatic heterocycles. The standard InChI is InChI=1S/C24H28FN3O4S/c1-27-11-12-32-21-8-3-2-7-19(21)18-6-4-5-17(13-18)14-20-22(26-33(30,31)16-25)24(9-10-24)15-28(20)23(27)29/h2-8,13,20,22,26H,9-12,14-16H2,1H3/t20-,22+/m0/s1. The van der Waals surface area contributed by atoms with E-state index < -0.39 is 28.1 Å². The maximum absolute atomic E-state index is 13.4. The van der Waals surface area contributed by atoms with Crippen LogP contribution in [-0.2, 0) is 16.4 Å². The van der Waals surface area contributed by atoms with Crippen LogP contribution in [0.5, 0.6) is 5.75 Å². The molecule has 2 atom stereocenters. The van der Waals surface area contributed by atoms with Crippen LogP contribution in [-0.4, -0.2) is 69.1 Å². The number of hydrogen-bond donors (Lipinski definition) is 1. The molecule has 1 spiro atoms. The number of para-hydroxylation sites is 1. The minimum absolute atomic E-state index is 0.166. The first kappa shape index (κ1) is 22.2. The van der Waals surface area contributed by atoms with E-state index in [9.17, 15) is 17.6 Å². The van der Waals surface area contributed by atoms with Crippen molar-refractivity contribution in [1.29, 1.82) is 0 Å². The number of rotatable bonds is 3. The summed E-state index contributed by atoms with van der Waals surface area (Å²) in [5.74, 6) is 0.751. The molecule has 2 heterocycles. The molecular weight excluding hydrogens is 445 g/mol. The topological polar surface area (TPSA) is 79.0 Å². The lowest BCUT2D eigenvalue weighted by Crippen LogP contribution is -2.52. The van der Waals surface area contributed by atoms with E-state index in [1.807, 2.05) is 42.5 Å². The van der Waals surface area contributed by atoms with Crippen molar-refractivity contribution in [2.75, 3.05) is 32.8 Å². The van der Waals surface area contributed by atoms with Crippen molar-refractivity contribution in [3.8, 4) is 16.9 Å². The van der Waals surface area contributed by atoms with E-state index in [4.69, 9.17) is 4.74 Å². The van der Waals surface area contributed by atoms with Gasteiger partial charge in [-0.05, 0) is 36.5 Å². The molecule has 0 aromatic heterocycles. The second kappa shape index (κ2) is 8.29. The smallest absolute Gasteiger partial charge is 0.320 e. The van der Waals surface area contributed by atoms with Gasteiger partial charge in [0.25, 0.3) is 0 Å². The normalized spacial score (nSPS) is 24.2. The van der Waals surface area contributed by atoms with Gasteiger partial charge in [0, 0.05) is 30.6 Å². The Morgan fingerprint density at radius 2 is 1.97 bits per heavy atom. The van der Waals surface area contributed by atoms with Crippen LogP contribution in [0.4, 0.5) is 9.18 Å². The van der Waals surface area contributed by atoms with Gasteiger partial charge < -0.3 is 14.5 Å². The summed E-state index contributed by atoms with van der Waals surface area (Å²) >= 11 is 0. The first-order valence-electron chi connectivity index (χ1n) is 11.2. The van der Waals surface area contributed by atoms with Crippen molar-refractivity contribution >= 4 is 16.1 Å². The molecule has 9 heteroatoms. The Morgan fingerprint density at radius 3 is 2.73 bits per heavy atom. The molecule has 2 amide bonds. The fraction of sp³-hybridized carbons (Fsp3) is 0.458. The molecule has 0 unspecified atom stereocenters. The SMILES string of the molecule is CN1CCOc2ccccc2-c2cccc(c2)C[C@H]2[C@@H](NS(=O)(=O)CF)C3(CC3)CN2C1=O. The quantitative estimate of drug-likeness (QED) is 0.743. The van der Waals surface area contributed by atoms with Crippen molar-refractivity contribution in [3.05, 3.63) is 54.1 Å². The third kappa shape index (κ3) is 4.19. The number of carbonyl (C=O) groups excluding carboxylic acids is 1. The number of urea groups is 1. The molecule has 176 valence electrons. The summed E-state index contributed by atoms with van der Waals surface area (Å²) in [6.45, 7) is 1.18. The van der Waals surface area contributed by atoms with E-state index in [2.05, 4.69) is 10.8 Å². The van der Waals surface area contributed by atoms with Crippen molar-refractivity contribution in [2.45, 2.75) is 31.3 Å². The third-order valence-electron chi connectivity index (χ3n) is 7.10. The van der Waals surface area contributed by atoms with E-state index in [1.54, 1.807) is 16.8 Å². The van der Waals surface area contributed by atoms with Crippen molar-refractivity contribution < 1.29 is 22.3 Å². The number of carbonyl (C=O) groups is 1. The summed E-state index contributed by atoms with van der Waals surface area (Å²) in [5.41, 5.74) is 2.60. The van der Waals surface area contributed by atoms with Crippen LogP contribution in [0.1, 0.15) is 18.4 Å². The highest BCUT2D eigenvalue weighted by molar-refractivity contribution is 7.89. The van der Waals surface area contributed by atoms with E-state index in [1.165, 1.54) is 0 Å². The van der Waals surface area contributed by atoms with Gasteiger partial charge in [-0.2, -0.15) is 0 Å². The summed E-state index contributed by atoms with van der Waals surface area (Å²) in [5, 5.41) is 0. The van der Waals surface area contributed by atoms with Gasteiger partial charge in [0.1, 0.15) is 12.4 Å². The monoisotopic (exact) mass is 473 g/mol. The number of benzene rings is 2. The van der Waals surface area contributed by atoms with Gasteiger partial charge in [0.2, 0.25) is 16.0 Å². The summed E-state index contributed by atoms with van der Waals surface area (Å²) in [6, 6.07) is 13.3. The van der Waals surface area contributed by atoms with Gasteiger partial charge in [-0.15, -0.1) is 0 Å². The number of likely N-dealkylation sites (N-methyl/N-ethyl adjacent to an activating group) is 1. The Morgan fingerprint density at radius 1 is 1.18 bits per heavy atom. The van der Waals surface area contributed by atoms with Crippen LogP contribution in [0.25, 0.3) is 11.1 Å². The first-order chi connectivity index (χ1) is 15.8. The molecule has 2 aromatic rings. The molecule has 1 aliphatic carbocycles. The van der Waals surface area contributed by atoms with Gasteiger partial charge in [-0.3, -0.25) is 0 Å². The largest absolute Gasteiger partial charge is 0.491 e. The molecule has 0 radical (unpaired) electrons. The van der Waals surface area contributed by atoms with Crippen LogP contribution in [0, 0.1) is 5.41 Å². The lowest BCUT2D eigenvalue weighted by Gasteiger charge is -2.32. The van der Waals surface area contributed by atoms with E-state index >= 15 is 0 Å².